The monoisotopic (exact) mass is 220 g/mol. The zero-order valence-corrected chi connectivity index (χ0v) is 9.17. The van der Waals surface area contributed by atoms with Crippen LogP contribution >= 0.6 is 0 Å². The molecule has 1 aliphatic rings. The molecule has 4 heteroatoms. The van der Waals surface area contributed by atoms with Crippen LogP contribution in [-0.4, -0.2) is 17.5 Å². The Balaban J connectivity index is 2.62. The van der Waals surface area contributed by atoms with Gasteiger partial charge in [-0.2, -0.15) is 0 Å². The van der Waals surface area contributed by atoms with Crippen molar-refractivity contribution in [1.29, 1.82) is 0 Å². The first-order chi connectivity index (χ1) is 6.82. The fourth-order valence-corrected chi connectivity index (χ4v) is 2.52. The van der Waals surface area contributed by atoms with Crippen molar-refractivity contribution in [3.63, 3.8) is 0 Å². The molecule has 1 N–H and O–H groups in total. The van der Waals surface area contributed by atoms with Crippen LogP contribution < -0.4 is 0 Å². The van der Waals surface area contributed by atoms with Gasteiger partial charge in [0.25, 0.3) is 0 Å². The van der Waals surface area contributed by atoms with Crippen LogP contribution in [0.1, 0.15) is 39.5 Å². The van der Waals surface area contributed by atoms with E-state index in [1.165, 1.54) is 0 Å². The van der Waals surface area contributed by atoms with Gasteiger partial charge in [0, 0.05) is 5.92 Å². The number of hydrogen-bond acceptors (Lipinski definition) is 1. The molecule has 15 heavy (non-hydrogen) atoms. The lowest BCUT2D eigenvalue weighted by atomic mass is 9.84. The van der Waals surface area contributed by atoms with Crippen LogP contribution in [0, 0.1) is 17.3 Å². The van der Waals surface area contributed by atoms with Gasteiger partial charge in [0.2, 0.25) is 6.43 Å². The van der Waals surface area contributed by atoms with E-state index >= 15 is 0 Å². The molecule has 1 fully saturated rings. The Hall–Kier alpha value is -0.670. The summed E-state index contributed by atoms with van der Waals surface area (Å²) < 4.78 is 25.4. The topological polar surface area (TPSA) is 37.3 Å². The summed E-state index contributed by atoms with van der Waals surface area (Å²) in [5.74, 6) is -2.22. The lowest BCUT2D eigenvalue weighted by Crippen LogP contribution is -2.24. The van der Waals surface area contributed by atoms with Crippen molar-refractivity contribution in [3.05, 3.63) is 0 Å². The molecule has 0 radical (unpaired) electrons. The molecule has 0 aromatic heterocycles. The number of rotatable bonds is 4. The molecule has 0 aromatic carbocycles. The van der Waals surface area contributed by atoms with Crippen LogP contribution in [0.25, 0.3) is 0 Å². The SMILES string of the molecule is CC1(C)CCC(C(CC(=O)O)C(F)F)C1. The Morgan fingerprint density at radius 3 is 2.47 bits per heavy atom. The summed E-state index contributed by atoms with van der Waals surface area (Å²) in [6.45, 7) is 4.10. The number of alkyl halides is 2. The zero-order chi connectivity index (χ0) is 11.6. The van der Waals surface area contributed by atoms with Crippen LogP contribution in [0.5, 0.6) is 0 Å². The molecular formula is C11H18F2O2. The zero-order valence-electron chi connectivity index (χ0n) is 9.17. The molecule has 1 rings (SSSR count). The number of carbonyl (C=O) groups is 1. The van der Waals surface area contributed by atoms with Gasteiger partial charge in [0.05, 0.1) is 6.42 Å². The Bertz CT molecular complexity index is 239. The number of carboxylic acid groups (broad SMARTS) is 1. The van der Waals surface area contributed by atoms with Crippen molar-refractivity contribution >= 4 is 5.97 Å². The van der Waals surface area contributed by atoms with Crippen molar-refractivity contribution in [3.8, 4) is 0 Å². The van der Waals surface area contributed by atoms with Gasteiger partial charge < -0.3 is 5.11 Å². The van der Waals surface area contributed by atoms with Crippen molar-refractivity contribution < 1.29 is 18.7 Å². The van der Waals surface area contributed by atoms with E-state index in [2.05, 4.69) is 13.8 Å². The first-order valence-corrected chi connectivity index (χ1v) is 5.32. The first-order valence-electron chi connectivity index (χ1n) is 5.32. The molecule has 0 spiro atoms. The molecule has 2 atom stereocenters. The van der Waals surface area contributed by atoms with Crippen LogP contribution in [0.15, 0.2) is 0 Å². The molecule has 0 saturated heterocycles. The van der Waals surface area contributed by atoms with Gasteiger partial charge in [0.1, 0.15) is 0 Å². The predicted molar refractivity (Wildman–Crippen MR) is 52.9 cm³/mol. The van der Waals surface area contributed by atoms with Gasteiger partial charge in [-0.3, -0.25) is 4.79 Å². The van der Waals surface area contributed by atoms with Gasteiger partial charge in [-0.1, -0.05) is 13.8 Å². The lowest BCUT2D eigenvalue weighted by molar-refractivity contribution is -0.140. The quantitative estimate of drug-likeness (QED) is 0.790. The molecule has 0 heterocycles. The molecule has 0 aliphatic heterocycles. The number of carboxylic acids is 1. The Morgan fingerprint density at radius 1 is 1.53 bits per heavy atom. The first kappa shape index (κ1) is 12.4. The van der Waals surface area contributed by atoms with E-state index in [0.717, 1.165) is 19.3 Å². The second-order valence-electron chi connectivity index (χ2n) is 5.26. The Kier molecular flexibility index (Phi) is 3.68. The number of aliphatic carboxylic acids is 1. The van der Waals surface area contributed by atoms with Gasteiger partial charge in [-0.05, 0) is 30.6 Å². The smallest absolute Gasteiger partial charge is 0.303 e. The van der Waals surface area contributed by atoms with E-state index in [1.807, 2.05) is 0 Å². The highest BCUT2D eigenvalue weighted by Crippen LogP contribution is 2.46. The summed E-state index contributed by atoms with van der Waals surface area (Å²) in [6.07, 6.45) is -0.552. The number of halogens is 2. The third-order valence-electron chi connectivity index (χ3n) is 3.35. The summed E-state index contributed by atoms with van der Waals surface area (Å²) in [4.78, 5) is 10.5. The van der Waals surface area contributed by atoms with E-state index in [4.69, 9.17) is 5.11 Å². The van der Waals surface area contributed by atoms with Gasteiger partial charge in [-0.15, -0.1) is 0 Å². The van der Waals surface area contributed by atoms with E-state index in [-0.39, 0.29) is 11.3 Å². The summed E-state index contributed by atoms with van der Waals surface area (Å²) in [5, 5.41) is 8.59. The molecule has 0 amide bonds. The van der Waals surface area contributed by atoms with Gasteiger partial charge in [0.15, 0.2) is 0 Å². The van der Waals surface area contributed by atoms with Crippen molar-refractivity contribution in [2.24, 2.45) is 17.3 Å². The van der Waals surface area contributed by atoms with Crippen LogP contribution in [0.2, 0.25) is 0 Å². The molecular weight excluding hydrogens is 202 g/mol. The fraction of sp³-hybridized carbons (Fsp3) is 0.909. The van der Waals surface area contributed by atoms with Crippen LogP contribution in [0.4, 0.5) is 8.78 Å². The molecule has 2 unspecified atom stereocenters. The summed E-state index contributed by atoms with van der Waals surface area (Å²) in [6, 6.07) is 0. The summed E-state index contributed by atoms with van der Waals surface area (Å²) >= 11 is 0. The highest BCUT2D eigenvalue weighted by Gasteiger charge is 2.39. The van der Waals surface area contributed by atoms with E-state index in [0.29, 0.717) is 0 Å². The molecule has 88 valence electrons. The Morgan fingerprint density at radius 2 is 2.13 bits per heavy atom. The molecule has 1 saturated carbocycles. The Labute approximate surface area is 88.7 Å². The average molecular weight is 220 g/mol. The molecule has 2 nitrogen and oxygen atoms in total. The minimum Gasteiger partial charge on any atom is -0.481 e. The highest BCUT2D eigenvalue weighted by molar-refractivity contribution is 5.67. The summed E-state index contributed by atoms with van der Waals surface area (Å²) in [7, 11) is 0. The third kappa shape index (κ3) is 3.43. The van der Waals surface area contributed by atoms with Crippen molar-refractivity contribution in [2.45, 2.75) is 46.0 Å². The highest BCUT2D eigenvalue weighted by atomic mass is 19.3. The number of hydrogen-bond donors (Lipinski definition) is 1. The maximum absolute atomic E-state index is 12.7. The second kappa shape index (κ2) is 4.45. The maximum Gasteiger partial charge on any atom is 0.303 e. The minimum atomic E-state index is -2.51. The predicted octanol–water partition coefficient (Wildman–Crippen LogP) is 3.17. The fourth-order valence-electron chi connectivity index (χ4n) is 2.52. The second-order valence-corrected chi connectivity index (χ2v) is 5.26. The standard InChI is InChI=1S/C11H18F2O2/c1-11(2)4-3-7(6-11)8(10(12)13)5-9(14)15/h7-8,10H,3-6H2,1-2H3,(H,14,15). The van der Waals surface area contributed by atoms with E-state index in [1.54, 1.807) is 0 Å². The minimum absolute atomic E-state index is 0.0936. The maximum atomic E-state index is 12.7. The van der Waals surface area contributed by atoms with Crippen LogP contribution in [0.3, 0.4) is 0 Å². The lowest BCUT2D eigenvalue weighted by Gasteiger charge is -2.23. The van der Waals surface area contributed by atoms with Gasteiger partial charge >= 0.3 is 5.97 Å². The van der Waals surface area contributed by atoms with Crippen molar-refractivity contribution in [1.82, 2.24) is 0 Å². The van der Waals surface area contributed by atoms with Crippen LogP contribution in [-0.2, 0) is 4.79 Å². The molecule has 0 bridgehead atoms. The molecule has 0 aromatic rings. The van der Waals surface area contributed by atoms with E-state index in [9.17, 15) is 13.6 Å². The van der Waals surface area contributed by atoms with Gasteiger partial charge in [-0.25, -0.2) is 8.78 Å². The average Bonchev–Trinajstić information content (AvgIpc) is 2.41. The third-order valence-corrected chi connectivity index (χ3v) is 3.35. The van der Waals surface area contributed by atoms with E-state index < -0.39 is 24.7 Å². The normalized spacial score (nSPS) is 26.9. The van der Waals surface area contributed by atoms with Crippen molar-refractivity contribution in [2.75, 3.05) is 0 Å². The molecule has 1 aliphatic carbocycles. The summed E-state index contributed by atoms with van der Waals surface area (Å²) in [5.41, 5.74) is 0.0936. The largest absolute Gasteiger partial charge is 0.481 e.